The molecule has 1 aliphatic heterocycles. The van der Waals surface area contributed by atoms with E-state index < -0.39 is 0 Å². The van der Waals surface area contributed by atoms with Crippen molar-refractivity contribution in [3.05, 3.63) is 35.9 Å². The Kier molecular flexibility index (Phi) is 7.71. The highest BCUT2D eigenvalue weighted by atomic mass is 16.6. The molecule has 0 aliphatic carbocycles. The number of rotatable bonds is 8. The van der Waals surface area contributed by atoms with Crippen molar-refractivity contribution >= 4 is 11.9 Å². The maximum atomic E-state index is 12.1. The summed E-state index contributed by atoms with van der Waals surface area (Å²) in [5, 5.41) is 0. The van der Waals surface area contributed by atoms with Gasteiger partial charge in [0.05, 0.1) is 13.2 Å². The van der Waals surface area contributed by atoms with Crippen LogP contribution in [-0.4, -0.2) is 67.6 Å². The van der Waals surface area contributed by atoms with E-state index in [0.717, 1.165) is 25.2 Å². The second-order valence-corrected chi connectivity index (χ2v) is 5.93. The van der Waals surface area contributed by atoms with E-state index in [2.05, 4.69) is 4.90 Å². The number of hydrogen-bond donors (Lipinski definition) is 0. The van der Waals surface area contributed by atoms with Crippen molar-refractivity contribution in [1.82, 2.24) is 9.80 Å². The molecular formula is C18H26N2O4. The maximum absolute atomic E-state index is 12.1. The number of carbonyl (C=O) groups excluding carboxylic acids is 2. The second-order valence-electron chi connectivity index (χ2n) is 5.93. The van der Waals surface area contributed by atoms with Crippen LogP contribution in [-0.2, 0) is 20.9 Å². The van der Waals surface area contributed by atoms with Crippen LogP contribution in [0.4, 0.5) is 4.79 Å². The summed E-state index contributed by atoms with van der Waals surface area (Å²) in [5.74, 6) is 0.151. The van der Waals surface area contributed by atoms with Gasteiger partial charge in [-0.15, -0.1) is 0 Å². The van der Waals surface area contributed by atoms with Gasteiger partial charge in [-0.25, -0.2) is 4.79 Å². The zero-order valence-corrected chi connectivity index (χ0v) is 14.3. The Morgan fingerprint density at radius 2 is 1.75 bits per heavy atom. The SMILES string of the molecule is CC(=O)CCOCCN1CCN(C(=O)OCc2ccccc2)CC1. The van der Waals surface area contributed by atoms with Gasteiger partial charge >= 0.3 is 6.09 Å². The van der Waals surface area contributed by atoms with Gasteiger partial charge in [-0.2, -0.15) is 0 Å². The molecule has 0 spiro atoms. The first kappa shape index (κ1) is 18.4. The van der Waals surface area contributed by atoms with Crippen LogP contribution in [0.2, 0.25) is 0 Å². The van der Waals surface area contributed by atoms with E-state index in [-0.39, 0.29) is 11.9 Å². The van der Waals surface area contributed by atoms with Gasteiger partial charge in [-0.3, -0.25) is 9.69 Å². The second kappa shape index (κ2) is 10.1. The summed E-state index contributed by atoms with van der Waals surface area (Å²) in [6.45, 7) is 6.77. The summed E-state index contributed by atoms with van der Waals surface area (Å²) in [5.41, 5.74) is 0.993. The van der Waals surface area contributed by atoms with Crippen molar-refractivity contribution < 1.29 is 19.1 Å². The Bertz CT molecular complexity index is 513. The van der Waals surface area contributed by atoms with Crippen LogP contribution in [0.15, 0.2) is 30.3 Å². The van der Waals surface area contributed by atoms with Gasteiger partial charge in [0.15, 0.2) is 0 Å². The molecule has 1 heterocycles. The number of ether oxygens (including phenoxy) is 2. The Morgan fingerprint density at radius 3 is 2.42 bits per heavy atom. The molecule has 1 aliphatic rings. The van der Waals surface area contributed by atoms with E-state index >= 15 is 0 Å². The first-order chi connectivity index (χ1) is 11.6. The van der Waals surface area contributed by atoms with Crippen molar-refractivity contribution in [2.75, 3.05) is 45.9 Å². The van der Waals surface area contributed by atoms with E-state index in [9.17, 15) is 9.59 Å². The van der Waals surface area contributed by atoms with Crippen LogP contribution in [0.1, 0.15) is 18.9 Å². The number of piperazine rings is 1. The fourth-order valence-corrected chi connectivity index (χ4v) is 2.48. The molecule has 1 amide bonds. The first-order valence-corrected chi connectivity index (χ1v) is 8.40. The monoisotopic (exact) mass is 334 g/mol. The predicted molar refractivity (Wildman–Crippen MR) is 90.8 cm³/mol. The number of Topliss-reactive ketones (excluding diaryl/α,β-unsaturated/α-hetero) is 1. The molecule has 0 radical (unpaired) electrons. The number of carbonyl (C=O) groups is 2. The summed E-state index contributed by atoms with van der Waals surface area (Å²) in [6, 6.07) is 9.68. The molecule has 2 rings (SSSR count). The molecule has 6 nitrogen and oxygen atoms in total. The lowest BCUT2D eigenvalue weighted by atomic mass is 10.2. The van der Waals surface area contributed by atoms with Gasteiger partial charge in [0.1, 0.15) is 12.4 Å². The van der Waals surface area contributed by atoms with E-state index in [1.54, 1.807) is 11.8 Å². The number of hydrogen-bond acceptors (Lipinski definition) is 5. The molecule has 24 heavy (non-hydrogen) atoms. The Morgan fingerprint density at radius 1 is 1.04 bits per heavy atom. The molecule has 0 bridgehead atoms. The van der Waals surface area contributed by atoms with Crippen LogP contribution in [0, 0.1) is 0 Å². The van der Waals surface area contributed by atoms with Crippen LogP contribution >= 0.6 is 0 Å². The zero-order chi connectivity index (χ0) is 17.2. The van der Waals surface area contributed by atoms with Crippen molar-refractivity contribution in [2.24, 2.45) is 0 Å². The Hall–Kier alpha value is -1.92. The number of benzene rings is 1. The third-order valence-electron chi connectivity index (χ3n) is 3.99. The van der Waals surface area contributed by atoms with Gasteiger partial charge in [0, 0.05) is 39.1 Å². The first-order valence-electron chi connectivity index (χ1n) is 8.40. The standard InChI is InChI=1S/C18H26N2O4/c1-16(21)7-13-23-14-12-19-8-10-20(11-9-19)18(22)24-15-17-5-3-2-4-6-17/h2-6H,7-15H2,1H3. The molecule has 132 valence electrons. The van der Waals surface area contributed by atoms with E-state index in [4.69, 9.17) is 9.47 Å². The van der Waals surface area contributed by atoms with E-state index in [0.29, 0.717) is 39.3 Å². The van der Waals surface area contributed by atoms with Gasteiger partial charge in [-0.05, 0) is 12.5 Å². The predicted octanol–water partition coefficient (Wildman–Crippen LogP) is 1.94. The summed E-state index contributed by atoms with van der Waals surface area (Å²) < 4.78 is 10.8. The lowest BCUT2D eigenvalue weighted by molar-refractivity contribution is -0.118. The van der Waals surface area contributed by atoms with Crippen LogP contribution in [0.25, 0.3) is 0 Å². The Balaban J connectivity index is 1.58. The molecule has 0 saturated carbocycles. The molecule has 0 aromatic heterocycles. The van der Waals surface area contributed by atoms with Gasteiger partial charge < -0.3 is 14.4 Å². The largest absolute Gasteiger partial charge is 0.445 e. The molecule has 1 aromatic rings. The lowest BCUT2D eigenvalue weighted by Gasteiger charge is -2.33. The normalized spacial score (nSPS) is 15.3. The van der Waals surface area contributed by atoms with Crippen LogP contribution < -0.4 is 0 Å². The van der Waals surface area contributed by atoms with Gasteiger partial charge in [0.2, 0.25) is 0 Å². The van der Waals surface area contributed by atoms with Gasteiger partial charge in [-0.1, -0.05) is 30.3 Å². The summed E-state index contributed by atoms with van der Waals surface area (Å²) in [7, 11) is 0. The molecular weight excluding hydrogens is 308 g/mol. The summed E-state index contributed by atoms with van der Waals surface area (Å²) in [6.07, 6.45) is 0.220. The molecule has 6 heteroatoms. The van der Waals surface area contributed by atoms with Crippen molar-refractivity contribution in [3.63, 3.8) is 0 Å². The van der Waals surface area contributed by atoms with Crippen molar-refractivity contribution in [2.45, 2.75) is 20.0 Å². The molecule has 1 saturated heterocycles. The highest BCUT2D eigenvalue weighted by Crippen LogP contribution is 2.07. The smallest absolute Gasteiger partial charge is 0.410 e. The van der Waals surface area contributed by atoms with Gasteiger partial charge in [0.25, 0.3) is 0 Å². The minimum Gasteiger partial charge on any atom is -0.445 e. The fraction of sp³-hybridized carbons (Fsp3) is 0.556. The van der Waals surface area contributed by atoms with Crippen molar-refractivity contribution in [1.29, 1.82) is 0 Å². The summed E-state index contributed by atoms with van der Waals surface area (Å²) >= 11 is 0. The third-order valence-corrected chi connectivity index (χ3v) is 3.99. The maximum Gasteiger partial charge on any atom is 0.410 e. The topological polar surface area (TPSA) is 59.1 Å². The number of nitrogens with zero attached hydrogens (tertiary/aromatic N) is 2. The van der Waals surface area contributed by atoms with Crippen molar-refractivity contribution in [3.8, 4) is 0 Å². The lowest BCUT2D eigenvalue weighted by Crippen LogP contribution is -2.49. The van der Waals surface area contributed by atoms with E-state index in [1.807, 2.05) is 30.3 Å². The zero-order valence-electron chi connectivity index (χ0n) is 14.3. The van der Waals surface area contributed by atoms with Crippen LogP contribution in [0.3, 0.4) is 0 Å². The molecule has 0 N–H and O–H groups in total. The minimum atomic E-state index is -0.254. The molecule has 0 unspecified atom stereocenters. The molecule has 1 aromatic carbocycles. The van der Waals surface area contributed by atoms with Crippen LogP contribution in [0.5, 0.6) is 0 Å². The number of ketones is 1. The minimum absolute atomic E-state index is 0.151. The fourth-order valence-electron chi connectivity index (χ4n) is 2.48. The highest BCUT2D eigenvalue weighted by Gasteiger charge is 2.21. The number of amides is 1. The average Bonchev–Trinajstić information content (AvgIpc) is 2.60. The summed E-state index contributed by atoms with van der Waals surface area (Å²) in [4.78, 5) is 26.9. The quantitative estimate of drug-likeness (QED) is 0.680. The third kappa shape index (κ3) is 6.68. The highest BCUT2D eigenvalue weighted by molar-refractivity contribution is 5.75. The average molecular weight is 334 g/mol. The molecule has 0 atom stereocenters. The van der Waals surface area contributed by atoms with E-state index in [1.165, 1.54) is 0 Å². The Labute approximate surface area is 143 Å². The molecule has 1 fully saturated rings.